The van der Waals surface area contributed by atoms with E-state index in [9.17, 15) is 13.2 Å². The molecule has 0 saturated heterocycles. The first-order valence-electron chi connectivity index (χ1n) is 5.37. The SMILES string of the molecule is C/C(Cc1ccc(OCCC(F)(F)F)cc1)=N/O. The highest BCUT2D eigenvalue weighted by Crippen LogP contribution is 2.20. The van der Waals surface area contributed by atoms with Crippen LogP contribution in [-0.2, 0) is 6.42 Å². The molecule has 100 valence electrons. The van der Waals surface area contributed by atoms with Crippen LogP contribution in [0.25, 0.3) is 0 Å². The molecule has 0 atom stereocenters. The van der Waals surface area contributed by atoms with Gasteiger partial charge in [0.05, 0.1) is 18.7 Å². The zero-order chi connectivity index (χ0) is 13.6. The average molecular weight is 261 g/mol. The van der Waals surface area contributed by atoms with Gasteiger partial charge in [-0.05, 0) is 24.6 Å². The molecule has 0 unspecified atom stereocenters. The molecular weight excluding hydrogens is 247 g/mol. The van der Waals surface area contributed by atoms with Crippen molar-refractivity contribution in [3.8, 4) is 5.75 Å². The molecule has 1 rings (SSSR count). The van der Waals surface area contributed by atoms with Gasteiger partial charge in [-0.2, -0.15) is 13.2 Å². The van der Waals surface area contributed by atoms with E-state index in [1.165, 1.54) is 0 Å². The van der Waals surface area contributed by atoms with Crippen LogP contribution in [0.3, 0.4) is 0 Å². The molecule has 6 heteroatoms. The van der Waals surface area contributed by atoms with Gasteiger partial charge in [0.15, 0.2) is 0 Å². The zero-order valence-electron chi connectivity index (χ0n) is 9.87. The summed E-state index contributed by atoms with van der Waals surface area (Å²) in [6.45, 7) is 1.29. The average Bonchev–Trinajstić information content (AvgIpc) is 2.29. The van der Waals surface area contributed by atoms with Crippen molar-refractivity contribution in [3.63, 3.8) is 0 Å². The number of hydrogen-bond acceptors (Lipinski definition) is 3. The number of halogens is 3. The third-order valence-electron chi connectivity index (χ3n) is 2.21. The van der Waals surface area contributed by atoms with Crippen LogP contribution in [0.4, 0.5) is 13.2 Å². The summed E-state index contributed by atoms with van der Waals surface area (Å²) in [5.41, 5.74) is 1.45. The summed E-state index contributed by atoms with van der Waals surface area (Å²) in [6, 6.07) is 6.63. The van der Waals surface area contributed by atoms with Crippen molar-refractivity contribution in [1.29, 1.82) is 0 Å². The van der Waals surface area contributed by atoms with Crippen LogP contribution < -0.4 is 4.74 Å². The van der Waals surface area contributed by atoms with Gasteiger partial charge in [0, 0.05) is 6.42 Å². The number of alkyl halides is 3. The smallest absolute Gasteiger partial charge is 0.392 e. The molecule has 0 bridgehead atoms. The van der Waals surface area contributed by atoms with E-state index < -0.39 is 12.6 Å². The minimum Gasteiger partial charge on any atom is -0.493 e. The first-order chi connectivity index (χ1) is 8.40. The Morgan fingerprint density at radius 2 is 1.89 bits per heavy atom. The molecule has 1 N–H and O–H groups in total. The predicted octanol–water partition coefficient (Wildman–Crippen LogP) is 3.41. The van der Waals surface area contributed by atoms with Gasteiger partial charge in [-0.1, -0.05) is 17.3 Å². The van der Waals surface area contributed by atoms with Crippen molar-refractivity contribution in [2.75, 3.05) is 6.61 Å². The van der Waals surface area contributed by atoms with Crippen LogP contribution in [0.1, 0.15) is 18.9 Å². The lowest BCUT2D eigenvalue weighted by Crippen LogP contribution is -2.13. The number of rotatable bonds is 5. The fraction of sp³-hybridized carbons (Fsp3) is 0.417. The first kappa shape index (κ1) is 14.3. The van der Waals surface area contributed by atoms with E-state index in [1.54, 1.807) is 31.2 Å². The lowest BCUT2D eigenvalue weighted by atomic mass is 10.1. The quantitative estimate of drug-likeness (QED) is 0.501. The highest BCUT2D eigenvalue weighted by atomic mass is 19.4. The third-order valence-corrected chi connectivity index (χ3v) is 2.21. The molecule has 0 aliphatic heterocycles. The van der Waals surface area contributed by atoms with E-state index in [1.807, 2.05) is 0 Å². The van der Waals surface area contributed by atoms with E-state index in [0.717, 1.165) is 5.56 Å². The monoisotopic (exact) mass is 261 g/mol. The van der Waals surface area contributed by atoms with Crippen LogP contribution in [-0.4, -0.2) is 23.7 Å². The molecule has 18 heavy (non-hydrogen) atoms. The van der Waals surface area contributed by atoms with Crippen LogP contribution >= 0.6 is 0 Å². The second kappa shape index (κ2) is 6.28. The van der Waals surface area contributed by atoms with E-state index in [-0.39, 0.29) is 6.61 Å². The number of hydrogen-bond donors (Lipinski definition) is 1. The zero-order valence-corrected chi connectivity index (χ0v) is 9.87. The Bertz CT molecular complexity index is 399. The van der Waals surface area contributed by atoms with Crippen molar-refractivity contribution in [3.05, 3.63) is 29.8 Å². The van der Waals surface area contributed by atoms with Gasteiger partial charge < -0.3 is 9.94 Å². The highest BCUT2D eigenvalue weighted by Gasteiger charge is 2.26. The van der Waals surface area contributed by atoms with E-state index in [4.69, 9.17) is 9.94 Å². The molecule has 0 aliphatic carbocycles. The maximum atomic E-state index is 11.9. The van der Waals surface area contributed by atoms with Gasteiger partial charge in [-0.25, -0.2) is 0 Å². The Morgan fingerprint density at radius 1 is 1.28 bits per heavy atom. The Morgan fingerprint density at radius 3 is 2.39 bits per heavy atom. The molecule has 1 aromatic rings. The van der Waals surface area contributed by atoms with Crippen molar-refractivity contribution in [2.24, 2.45) is 5.16 Å². The second-order valence-electron chi connectivity index (χ2n) is 3.87. The molecule has 0 amide bonds. The van der Waals surface area contributed by atoms with Crippen LogP contribution in [0, 0.1) is 0 Å². The largest absolute Gasteiger partial charge is 0.493 e. The molecule has 0 heterocycles. The Labute approximate surface area is 103 Å². The van der Waals surface area contributed by atoms with Crippen LogP contribution in [0.5, 0.6) is 5.75 Å². The molecule has 0 aromatic heterocycles. The minimum atomic E-state index is -4.20. The summed E-state index contributed by atoms with van der Waals surface area (Å²) in [5, 5.41) is 11.5. The fourth-order valence-corrected chi connectivity index (χ4v) is 1.32. The summed E-state index contributed by atoms with van der Waals surface area (Å²) in [4.78, 5) is 0. The number of ether oxygens (including phenoxy) is 1. The molecule has 0 aliphatic rings. The maximum absolute atomic E-state index is 11.9. The van der Waals surface area contributed by atoms with Crippen LogP contribution in [0.15, 0.2) is 29.4 Å². The van der Waals surface area contributed by atoms with E-state index >= 15 is 0 Å². The van der Waals surface area contributed by atoms with Crippen molar-refractivity contribution >= 4 is 5.71 Å². The molecule has 0 fully saturated rings. The van der Waals surface area contributed by atoms with Gasteiger partial charge in [0.25, 0.3) is 0 Å². The van der Waals surface area contributed by atoms with Gasteiger partial charge in [-0.3, -0.25) is 0 Å². The number of benzene rings is 1. The molecule has 0 radical (unpaired) electrons. The van der Waals surface area contributed by atoms with E-state index in [2.05, 4.69) is 5.16 Å². The van der Waals surface area contributed by atoms with Gasteiger partial charge in [-0.15, -0.1) is 0 Å². The normalized spacial score (nSPS) is 12.6. The molecule has 0 saturated carbocycles. The van der Waals surface area contributed by atoms with Crippen molar-refractivity contribution in [1.82, 2.24) is 0 Å². The third kappa shape index (κ3) is 5.56. The standard InChI is InChI=1S/C12H14F3NO2/c1-9(16-17)8-10-2-4-11(5-3-10)18-7-6-12(13,14)15/h2-5,17H,6-8H2,1H3/b16-9-. The van der Waals surface area contributed by atoms with Crippen LogP contribution in [0.2, 0.25) is 0 Å². The number of nitrogens with zero attached hydrogens (tertiary/aromatic N) is 1. The Hall–Kier alpha value is -1.72. The molecule has 1 aromatic carbocycles. The van der Waals surface area contributed by atoms with E-state index in [0.29, 0.717) is 17.9 Å². The van der Waals surface area contributed by atoms with Gasteiger partial charge in [0.2, 0.25) is 0 Å². The van der Waals surface area contributed by atoms with Gasteiger partial charge >= 0.3 is 6.18 Å². The Kier molecular flexibility index (Phi) is 5.00. The summed E-state index contributed by atoms with van der Waals surface area (Å²) in [5.74, 6) is 0.390. The number of oxime groups is 1. The summed E-state index contributed by atoms with van der Waals surface area (Å²) in [7, 11) is 0. The predicted molar refractivity (Wildman–Crippen MR) is 61.2 cm³/mol. The highest BCUT2D eigenvalue weighted by molar-refractivity contribution is 5.83. The molecule has 0 spiro atoms. The lowest BCUT2D eigenvalue weighted by Gasteiger charge is -2.09. The Balaban J connectivity index is 2.45. The maximum Gasteiger partial charge on any atom is 0.392 e. The second-order valence-corrected chi connectivity index (χ2v) is 3.87. The topological polar surface area (TPSA) is 41.8 Å². The van der Waals surface area contributed by atoms with Gasteiger partial charge in [0.1, 0.15) is 5.75 Å². The molecular formula is C12H14F3NO2. The van der Waals surface area contributed by atoms with Crippen molar-refractivity contribution in [2.45, 2.75) is 25.9 Å². The summed E-state index contributed by atoms with van der Waals surface area (Å²) in [6.07, 6.45) is -4.68. The fourth-order valence-electron chi connectivity index (χ4n) is 1.32. The summed E-state index contributed by atoms with van der Waals surface area (Å²) < 4.78 is 40.6. The summed E-state index contributed by atoms with van der Waals surface area (Å²) >= 11 is 0. The first-order valence-corrected chi connectivity index (χ1v) is 5.37. The minimum absolute atomic E-state index is 0.389. The van der Waals surface area contributed by atoms with Crippen molar-refractivity contribution < 1.29 is 23.1 Å². The lowest BCUT2D eigenvalue weighted by molar-refractivity contribution is -0.139. The molecule has 3 nitrogen and oxygen atoms in total.